The summed E-state index contributed by atoms with van der Waals surface area (Å²) in [5, 5.41) is 0.959. The van der Waals surface area contributed by atoms with Gasteiger partial charge in [-0.1, -0.05) is 0 Å². The van der Waals surface area contributed by atoms with Crippen molar-refractivity contribution >= 4 is 22.6 Å². The largest absolute Gasteiger partial charge is 0.460 e. The van der Waals surface area contributed by atoms with Crippen molar-refractivity contribution in [2.45, 2.75) is 64.6 Å². The SMILES string of the molecule is Cc1nsc(N2C3CCC2C(C(=O)OC(C)(C)C)C3)n1. The molecule has 3 rings (SSSR count). The average molecular weight is 295 g/mol. The number of aryl methyl sites for hydroxylation is 1. The molecule has 0 spiro atoms. The summed E-state index contributed by atoms with van der Waals surface area (Å²) in [5.41, 5.74) is -0.414. The molecule has 0 saturated carbocycles. The summed E-state index contributed by atoms with van der Waals surface area (Å²) in [6.07, 6.45) is 3.08. The van der Waals surface area contributed by atoms with Crippen LogP contribution in [0.25, 0.3) is 0 Å². The second-order valence-corrected chi connectivity index (χ2v) is 7.44. The summed E-state index contributed by atoms with van der Waals surface area (Å²) in [6.45, 7) is 7.67. The molecule has 0 N–H and O–H groups in total. The Hall–Kier alpha value is -1.17. The molecule has 2 aliphatic heterocycles. The third-order valence-corrected chi connectivity index (χ3v) is 4.80. The maximum absolute atomic E-state index is 12.4. The molecule has 3 atom stereocenters. The van der Waals surface area contributed by atoms with Crippen LogP contribution in [0.2, 0.25) is 0 Å². The maximum Gasteiger partial charge on any atom is 0.311 e. The molecule has 3 heterocycles. The number of esters is 1. The van der Waals surface area contributed by atoms with E-state index in [-0.39, 0.29) is 17.9 Å². The third kappa shape index (κ3) is 2.41. The Bertz CT molecular complexity index is 523. The predicted molar refractivity (Wildman–Crippen MR) is 77.9 cm³/mol. The Balaban J connectivity index is 1.77. The van der Waals surface area contributed by atoms with Crippen LogP contribution in [0.3, 0.4) is 0 Å². The second kappa shape index (κ2) is 4.69. The van der Waals surface area contributed by atoms with E-state index in [4.69, 9.17) is 4.74 Å². The van der Waals surface area contributed by atoms with Gasteiger partial charge in [0.15, 0.2) is 0 Å². The van der Waals surface area contributed by atoms with Crippen LogP contribution in [0.4, 0.5) is 5.13 Å². The Labute approximate surface area is 123 Å². The number of hydrogen-bond donors (Lipinski definition) is 0. The zero-order valence-corrected chi connectivity index (χ0v) is 13.2. The Morgan fingerprint density at radius 1 is 1.40 bits per heavy atom. The molecular weight excluding hydrogens is 274 g/mol. The molecule has 5 nitrogen and oxygen atoms in total. The minimum absolute atomic E-state index is 0.0165. The topological polar surface area (TPSA) is 55.3 Å². The van der Waals surface area contributed by atoms with E-state index in [2.05, 4.69) is 14.3 Å². The molecule has 2 saturated heterocycles. The van der Waals surface area contributed by atoms with E-state index in [9.17, 15) is 4.79 Å². The van der Waals surface area contributed by atoms with Gasteiger partial charge < -0.3 is 9.64 Å². The highest BCUT2D eigenvalue weighted by Crippen LogP contribution is 2.45. The first-order chi connectivity index (χ1) is 9.35. The predicted octanol–water partition coefficient (Wildman–Crippen LogP) is 2.55. The average Bonchev–Trinajstić information content (AvgIpc) is 2.99. The lowest BCUT2D eigenvalue weighted by Crippen LogP contribution is -2.36. The minimum atomic E-state index is -0.414. The number of aromatic nitrogens is 2. The summed E-state index contributed by atoms with van der Waals surface area (Å²) in [7, 11) is 0. The first kappa shape index (κ1) is 13.8. The van der Waals surface area contributed by atoms with E-state index in [1.165, 1.54) is 11.5 Å². The van der Waals surface area contributed by atoms with Gasteiger partial charge in [-0.15, -0.1) is 0 Å². The Morgan fingerprint density at radius 2 is 2.15 bits per heavy atom. The fraction of sp³-hybridized carbons (Fsp3) is 0.786. The molecule has 0 radical (unpaired) electrons. The lowest BCUT2D eigenvalue weighted by molar-refractivity contribution is -0.160. The second-order valence-electron chi connectivity index (χ2n) is 6.71. The fourth-order valence-electron chi connectivity index (χ4n) is 3.31. The first-order valence-corrected chi connectivity index (χ1v) is 7.94. The van der Waals surface area contributed by atoms with Crippen molar-refractivity contribution < 1.29 is 9.53 Å². The Kier molecular flexibility index (Phi) is 3.23. The maximum atomic E-state index is 12.4. The van der Waals surface area contributed by atoms with Crippen LogP contribution in [0.1, 0.15) is 45.9 Å². The van der Waals surface area contributed by atoms with Crippen LogP contribution < -0.4 is 4.90 Å². The highest BCUT2D eigenvalue weighted by Gasteiger charge is 2.51. The number of anilines is 1. The molecule has 2 fully saturated rings. The molecule has 0 aromatic carbocycles. The number of hydrogen-bond acceptors (Lipinski definition) is 6. The van der Waals surface area contributed by atoms with E-state index in [0.717, 1.165) is 30.2 Å². The van der Waals surface area contributed by atoms with Crippen LogP contribution in [0, 0.1) is 12.8 Å². The standard InChI is InChI=1S/C14H21N3O2S/c1-8-15-13(20-16-8)17-9-5-6-11(17)10(7-9)12(18)19-14(2,3)4/h9-11H,5-7H2,1-4H3. The van der Waals surface area contributed by atoms with E-state index < -0.39 is 5.60 Å². The third-order valence-electron chi connectivity index (χ3n) is 3.98. The molecule has 3 unspecified atom stereocenters. The quantitative estimate of drug-likeness (QED) is 0.785. The molecule has 1 aromatic heterocycles. The Morgan fingerprint density at radius 3 is 2.75 bits per heavy atom. The normalized spacial score (nSPS) is 29.0. The first-order valence-electron chi connectivity index (χ1n) is 7.16. The van der Waals surface area contributed by atoms with Crippen molar-refractivity contribution in [1.29, 1.82) is 0 Å². The van der Waals surface area contributed by atoms with Crippen LogP contribution >= 0.6 is 11.5 Å². The zero-order valence-electron chi connectivity index (χ0n) is 12.4. The summed E-state index contributed by atoms with van der Waals surface area (Å²) >= 11 is 1.43. The molecule has 0 aliphatic carbocycles. The molecule has 6 heteroatoms. The van der Waals surface area contributed by atoms with Gasteiger partial charge in [0.2, 0.25) is 5.13 Å². The van der Waals surface area contributed by atoms with Crippen LogP contribution in [0.5, 0.6) is 0 Å². The number of carbonyl (C=O) groups excluding carboxylic acids is 1. The molecule has 0 amide bonds. The van der Waals surface area contributed by atoms with Gasteiger partial charge >= 0.3 is 5.97 Å². The smallest absolute Gasteiger partial charge is 0.311 e. The van der Waals surface area contributed by atoms with Gasteiger partial charge in [0.25, 0.3) is 0 Å². The van der Waals surface area contributed by atoms with Crippen LogP contribution in [-0.2, 0) is 9.53 Å². The lowest BCUT2D eigenvalue weighted by atomic mass is 9.89. The number of rotatable bonds is 2. The molecule has 110 valence electrons. The fourth-order valence-corrected chi connectivity index (χ4v) is 4.11. The molecular formula is C14H21N3O2S. The molecule has 1 aromatic rings. The number of ether oxygens (including phenoxy) is 1. The van der Waals surface area contributed by atoms with Crippen molar-refractivity contribution in [3.63, 3.8) is 0 Å². The highest BCUT2D eigenvalue weighted by atomic mass is 32.1. The van der Waals surface area contributed by atoms with Crippen molar-refractivity contribution in [2.75, 3.05) is 4.90 Å². The summed E-state index contributed by atoms with van der Waals surface area (Å²) < 4.78 is 9.83. The van der Waals surface area contributed by atoms with Crippen molar-refractivity contribution in [2.24, 2.45) is 5.92 Å². The van der Waals surface area contributed by atoms with Crippen LogP contribution in [-0.4, -0.2) is 33.0 Å². The van der Waals surface area contributed by atoms with Gasteiger partial charge in [-0.25, -0.2) is 4.98 Å². The number of carbonyl (C=O) groups is 1. The lowest BCUT2D eigenvalue weighted by Gasteiger charge is -2.26. The monoisotopic (exact) mass is 295 g/mol. The molecule has 2 aliphatic rings. The van der Waals surface area contributed by atoms with Gasteiger partial charge in [-0.3, -0.25) is 4.79 Å². The van der Waals surface area contributed by atoms with Gasteiger partial charge in [0.1, 0.15) is 11.4 Å². The van der Waals surface area contributed by atoms with Crippen LogP contribution in [0.15, 0.2) is 0 Å². The number of fused-ring (bicyclic) bond motifs is 2. The van der Waals surface area contributed by atoms with Crippen molar-refractivity contribution in [3.8, 4) is 0 Å². The van der Waals surface area contributed by atoms with E-state index in [0.29, 0.717) is 6.04 Å². The van der Waals surface area contributed by atoms with E-state index >= 15 is 0 Å². The zero-order chi connectivity index (χ0) is 14.5. The van der Waals surface area contributed by atoms with E-state index in [1.54, 1.807) is 0 Å². The minimum Gasteiger partial charge on any atom is -0.460 e. The highest BCUT2D eigenvalue weighted by molar-refractivity contribution is 7.09. The van der Waals surface area contributed by atoms with Crippen molar-refractivity contribution in [1.82, 2.24) is 9.36 Å². The van der Waals surface area contributed by atoms with Gasteiger partial charge in [0.05, 0.1) is 5.92 Å². The summed E-state index contributed by atoms with van der Waals surface area (Å²) in [4.78, 5) is 19.1. The molecule has 2 bridgehead atoms. The van der Waals surface area contributed by atoms with E-state index in [1.807, 2.05) is 27.7 Å². The van der Waals surface area contributed by atoms with Gasteiger partial charge in [-0.2, -0.15) is 4.37 Å². The summed E-state index contributed by atoms with van der Waals surface area (Å²) in [5.74, 6) is 0.734. The van der Waals surface area contributed by atoms with Crippen molar-refractivity contribution in [3.05, 3.63) is 5.82 Å². The van der Waals surface area contributed by atoms with Gasteiger partial charge in [0, 0.05) is 23.6 Å². The van der Waals surface area contributed by atoms with Gasteiger partial charge in [-0.05, 0) is 47.0 Å². The summed E-state index contributed by atoms with van der Waals surface area (Å²) in [6, 6.07) is 0.659. The number of nitrogens with zero attached hydrogens (tertiary/aromatic N) is 3. The molecule has 20 heavy (non-hydrogen) atoms.